The average Bonchev–Trinajstić information content (AvgIpc) is 3.74. The molecule has 0 bridgehead atoms. The first-order chi connectivity index (χ1) is 20.2. The van der Waals surface area contributed by atoms with Gasteiger partial charge in [-0.1, -0.05) is 71.8 Å². The molecule has 0 fully saturated rings. The normalized spacial score (nSPS) is 14.0. The van der Waals surface area contributed by atoms with Crippen LogP contribution in [-0.4, -0.2) is 35.2 Å². The third-order valence-corrected chi connectivity index (χ3v) is 10.3. The van der Waals surface area contributed by atoms with Crippen molar-refractivity contribution >= 4 is 45.4 Å². The minimum absolute atomic E-state index is 0.515. The van der Waals surface area contributed by atoms with Crippen molar-refractivity contribution in [3.63, 3.8) is 0 Å². The van der Waals surface area contributed by atoms with Crippen LogP contribution in [0.4, 0.5) is 0 Å². The van der Waals surface area contributed by atoms with Crippen molar-refractivity contribution in [1.29, 1.82) is 0 Å². The molecule has 0 atom stereocenters. The fourth-order valence-corrected chi connectivity index (χ4v) is 8.30. The van der Waals surface area contributed by atoms with Crippen molar-refractivity contribution in [2.24, 2.45) is 0 Å². The molecule has 5 heterocycles. The highest BCUT2D eigenvalue weighted by Gasteiger charge is 2.31. The van der Waals surface area contributed by atoms with E-state index in [-0.39, 0.29) is 0 Å². The molecule has 0 radical (unpaired) electrons. The molecule has 6 aromatic rings. The van der Waals surface area contributed by atoms with Gasteiger partial charge in [-0.3, -0.25) is 0 Å². The Hall–Kier alpha value is -3.92. The van der Waals surface area contributed by atoms with Crippen LogP contribution in [0.5, 0.6) is 23.0 Å². The van der Waals surface area contributed by atoms with Gasteiger partial charge in [0.2, 0.25) is 0 Å². The van der Waals surface area contributed by atoms with Gasteiger partial charge in [-0.25, -0.2) is 0 Å². The Morgan fingerprint density at radius 2 is 0.854 bits per heavy atom. The zero-order chi connectivity index (χ0) is 27.5. The van der Waals surface area contributed by atoms with Gasteiger partial charge in [0.05, 0.1) is 31.2 Å². The van der Waals surface area contributed by atoms with E-state index in [9.17, 15) is 0 Å². The number of ether oxygens (including phenoxy) is 4. The second-order valence-electron chi connectivity index (χ2n) is 10.1. The Morgan fingerprint density at radius 1 is 0.488 bits per heavy atom. The largest absolute Gasteiger partial charge is 0.485 e. The summed E-state index contributed by atoms with van der Waals surface area (Å²) in [5.74, 6) is 3.18. The quantitative estimate of drug-likeness (QED) is 0.203. The highest BCUT2D eigenvalue weighted by atomic mass is 32.1. The molecular formula is C32H24N2O4S3. The average molecular weight is 597 g/mol. The summed E-state index contributed by atoms with van der Waals surface area (Å²) < 4.78 is 34.3. The fourth-order valence-electron chi connectivity index (χ4n) is 5.28. The number of hydrogen-bond donors (Lipinski definition) is 0. The maximum absolute atomic E-state index is 6.22. The van der Waals surface area contributed by atoms with Crippen LogP contribution in [0.25, 0.3) is 52.8 Å². The van der Waals surface area contributed by atoms with Crippen molar-refractivity contribution in [2.75, 3.05) is 26.4 Å². The van der Waals surface area contributed by atoms with E-state index >= 15 is 0 Å². The lowest BCUT2D eigenvalue weighted by Crippen LogP contribution is -2.15. The molecule has 204 valence electrons. The Kier molecular flexibility index (Phi) is 5.98. The molecule has 8 rings (SSSR count). The summed E-state index contributed by atoms with van der Waals surface area (Å²) in [6.45, 7) is 6.28. The standard InChI is InChI=1S/C32H24N2O4S3/c1-17-3-7-19(8-4-17)29-25-27(37-15-13-35-25)31(39-29)21-11-12-22(24-23(21)33-41-34-24)32-28-26(36-14-16-38-28)30(40-32)20-9-5-18(2)6-10-20/h3-12H,13-16H2,1-2H3. The third kappa shape index (κ3) is 4.10. The Balaban J connectivity index is 1.29. The van der Waals surface area contributed by atoms with Gasteiger partial charge in [0, 0.05) is 11.1 Å². The van der Waals surface area contributed by atoms with Crippen LogP contribution in [0.15, 0.2) is 60.7 Å². The lowest BCUT2D eigenvalue weighted by Gasteiger charge is -2.18. The molecule has 6 nitrogen and oxygen atoms in total. The monoisotopic (exact) mass is 596 g/mol. The van der Waals surface area contributed by atoms with Crippen LogP contribution >= 0.6 is 34.4 Å². The summed E-state index contributed by atoms with van der Waals surface area (Å²) in [6.07, 6.45) is 0. The molecular weight excluding hydrogens is 573 g/mol. The molecule has 2 aliphatic heterocycles. The molecule has 3 aromatic heterocycles. The molecule has 41 heavy (non-hydrogen) atoms. The molecule has 3 aromatic carbocycles. The molecule has 0 saturated heterocycles. The summed E-state index contributed by atoms with van der Waals surface area (Å²) in [5.41, 5.74) is 8.34. The first kappa shape index (κ1) is 24.8. The number of thiophene rings is 2. The summed E-state index contributed by atoms with van der Waals surface area (Å²) in [4.78, 5) is 4.15. The van der Waals surface area contributed by atoms with Crippen molar-refractivity contribution in [1.82, 2.24) is 8.75 Å². The first-order valence-electron chi connectivity index (χ1n) is 13.4. The van der Waals surface area contributed by atoms with Crippen LogP contribution in [0, 0.1) is 13.8 Å². The van der Waals surface area contributed by atoms with Crippen LogP contribution in [0.2, 0.25) is 0 Å². The topological polar surface area (TPSA) is 62.7 Å². The zero-order valence-electron chi connectivity index (χ0n) is 22.4. The van der Waals surface area contributed by atoms with Crippen molar-refractivity contribution < 1.29 is 18.9 Å². The van der Waals surface area contributed by atoms with Crippen LogP contribution < -0.4 is 18.9 Å². The molecule has 0 N–H and O–H groups in total. The third-order valence-electron chi connectivity index (χ3n) is 7.33. The molecule has 0 aliphatic carbocycles. The van der Waals surface area contributed by atoms with E-state index in [4.69, 9.17) is 27.7 Å². The van der Waals surface area contributed by atoms with E-state index < -0.39 is 0 Å². The van der Waals surface area contributed by atoms with E-state index in [0.29, 0.717) is 26.4 Å². The van der Waals surface area contributed by atoms with E-state index in [1.165, 1.54) is 22.9 Å². The van der Waals surface area contributed by atoms with Crippen molar-refractivity contribution in [3.05, 3.63) is 71.8 Å². The summed E-state index contributed by atoms with van der Waals surface area (Å²) in [5, 5.41) is 0. The van der Waals surface area contributed by atoms with Crippen LogP contribution in [0.1, 0.15) is 11.1 Å². The maximum atomic E-state index is 6.22. The molecule has 0 spiro atoms. The maximum Gasteiger partial charge on any atom is 0.180 e. The number of aromatic nitrogens is 2. The minimum Gasteiger partial charge on any atom is -0.485 e. The highest BCUT2D eigenvalue weighted by Crippen LogP contribution is 2.57. The molecule has 0 saturated carbocycles. The van der Waals surface area contributed by atoms with Crippen molar-refractivity contribution in [2.45, 2.75) is 13.8 Å². The van der Waals surface area contributed by atoms with Gasteiger partial charge in [-0.2, -0.15) is 8.75 Å². The molecule has 0 amide bonds. The van der Waals surface area contributed by atoms with Gasteiger partial charge in [-0.05, 0) is 25.0 Å². The van der Waals surface area contributed by atoms with E-state index in [1.807, 2.05) is 0 Å². The van der Waals surface area contributed by atoms with Gasteiger partial charge in [0.1, 0.15) is 37.5 Å². The Morgan fingerprint density at radius 3 is 1.24 bits per heavy atom. The van der Waals surface area contributed by atoms with E-state index in [0.717, 1.165) is 75.8 Å². The highest BCUT2D eigenvalue weighted by molar-refractivity contribution is 7.20. The van der Waals surface area contributed by atoms with Gasteiger partial charge in [0.15, 0.2) is 23.0 Å². The van der Waals surface area contributed by atoms with E-state index in [1.54, 1.807) is 22.7 Å². The Labute approximate surface area is 249 Å². The minimum atomic E-state index is 0.515. The Bertz CT molecular complexity index is 1780. The lowest BCUT2D eigenvalue weighted by molar-refractivity contribution is 0.175. The predicted octanol–water partition coefficient (Wildman–Crippen LogP) is 8.64. The number of hydrogen-bond acceptors (Lipinski definition) is 9. The van der Waals surface area contributed by atoms with Crippen LogP contribution in [0.3, 0.4) is 0 Å². The second-order valence-corrected chi connectivity index (χ2v) is 12.7. The van der Waals surface area contributed by atoms with Gasteiger partial charge in [-0.15, -0.1) is 22.7 Å². The van der Waals surface area contributed by atoms with E-state index in [2.05, 4.69) is 74.5 Å². The van der Waals surface area contributed by atoms with Gasteiger partial charge in [0.25, 0.3) is 0 Å². The summed E-state index contributed by atoms with van der Waals surface area (Å²) in [7, 11) is 0. The second kappa shape index (κ2) is 9.87. The smallest absolute Gasteiger partial charge is 0.180 e. The molecule has 2 aliphatic rings. The molecule has 0 unspecified atom stereocenters. The van der Waals surface area contributed by atoms with Gasteiger partial charge < -0.3 is 18.9 Å². The number of fused-ring (bicyclic) bond motifs is 3. The fraction of sp³-hybridized carbons (Fsp3) is 0.188. The predicted molar refractivity (Wildman–Crippen MR) is 166 cm³/mol. The van der Waals surface area contributed by atoms with Crippen LogP contribution in [-0.2, 0) is 0 Å². The molecule has 9 heteroatoms. The lowest BCUT2D eigenvalue weighted by atomic mass is 10.0. The number of benzene rings is 3. The SMILES string of the molecule is Cc1ccc(-c2sc(-c3ccc(-c4sc(-c5ccc(C)cc5)c5c4OCCO5)c4nsnc34)c3c2OCCO3)cc1. The summed E-state index contributed by atoms with van der Waals surface area (Å²) in [6, 6.07) is 21.3. The number of aryl methyl sites for hydroxylation is 2. The zero-order valence-corrected chi connectivity index (χ0v) is 24.8. The van der Waals surface area contributed by atoms with Gasteiger partial charge >= 0.3 is 0 Å². The number of nitrogens with zero attached hydrogens (tertiary/aromatic N) is 2. The first-order valence-corrected chi connectivity index (χ1v) is 15.8. The van der Waals surface area contributed by atoms with Crippen molar-refractivity contribution in [3.8, 4) is 64.8 Å². The number of rotatable bonds is 4. The summed E-state index contributed by atoms with van der Waals surface area (Å²) >= 11 is 4.57.